The van der Waals surface area contributed by atoms with E-state index < -0.39 is 0 Å². The van der Waals surface area contributed by atoms with Crippen LogP contribution in [0.15, 0.2) is 29.2 Å². The van der Waals surface area contributed by atoms with Gasteiger partial charge in [0.2, 0.25) is 0 Å². The van der Waals surface area contributed by atoms with Gasteiger partial charge in [-0.15, -0.1) is 3.45 Å². The molecule has 5 heteroatoms. The van der Waals surface area contributed by atoms with Crippen molar-refractivity contribution in [3.05, 3.63) is 24.3 Å². The summed E-state index contributed by atoms with van der Waals surface area (Å²) in [6.45, 7) is 0. The van der Waals surface area contributed by atoms with Gasteiger partial charge < -0.3 is 5.32 Å². The summed E-state index contributed by atoms with van der Waals surface area (Å²) in [5.41, 5.74) is 1.21. The van der Waals surface area contributed by atoms with E-state index in [1.165, 1.54) is 8.34 Å². The lowest BCUT2D eigenvalue weighted by atomic mass is 10.3. The van der Waals surface area contributed by atoms with E-state index in [-0.39, 0.29) is 5.50 Å². The molecule has 0 saturated heterocycles. The third-order valence-corrected chi connectivity index (χ3v) is 3.74. The summed E-state index contributed by atoms with van der Waals surface area (Å²) in [6.07, 6.45) is 0. The zero-order valence-electron chi connectivity index (χ0n) is 6.00. The molecule has 0 radical (unpaired) electrons. The second-order valence-electron chi connectivity index (χ2n) is 2.37. The zero-order valence-corrected chi connectivity index (χ0v) is 9.16. The molecule has 0 saturated carbocycles. The predicted molar refractivity (Wildman–Crippen MR) is 56.3 cm³/mol. The van der Waals surface area contributed by atoms with Crippen molar-refractivity contribution in [2.75, 3.05) is 5.32 Å². The number of halogens is 2. The Morgan fingerprint density at radius 3 is 2.92 bits per heavy atom. The first kappa shape index (κ1) is 8.69. The Kier molecular flexibility index (Phi) is 2.50. The molecule has 0 fully saturated rings. The molecular weight excluding hydrogens is 260 g/mol. The molecule has 2 nitrogen and oxygen atoms in total. The van der Waals surface area contributed by atoms with Gasteiger partial charge in [-0.3, -0.25) is 0 Å². The maximum atomic E-state index is 5.74. The Bertz CT molecular complexity index is 269. The van der Waals surface area contributed by atoms with Crippen LogP contribution in [0, 0.1) is 0 Å². The van der Waals surface area contributed by atoms with Gasteiger partial charge in [-0.2, -0.15) is 0 Å². The van der Waals surface area contributed by atoms with Crippen LogP contribution in [0.4, 0.5) is 5.69 Å². The van der Waals surface area contributed by atoms with Crippen LogP contribution >= 0.6 is 39.7 Å². The third kappa shape index (κ3) is 1.57. The molecule has 1 N–H and O–H groups in total. The van der Waals surface area contributed by atoms with Crippen molar-refractivity contribution in [2.45, 2.75) is 10.4 Å². The average Bonchev–Trinajstić information content (AvgIpc) is 2.46. The minimum atomic E-state index is 0.0732. The summed E-state index contributed by atoms with van der Waals surface area (Å²) in [5.74, 6) is 0. The maximum absolute atomic E-state index is 5.74. The topological polar surface area (TPSA) is 15.3 Å². The van der Waals surface area contributed by atoms with Crippen molar-refractivity contribution < 1.29 is 0 Å². The first-order valence-electron chi connectivity index (χ1n) is 3.40. The fourth-order valence-electron chi connectivity index (χ4n) is 1.06. The molecular formula is C7H6BrClN2S. The highest BCUT2D eigenvalue weighted by Gasteiger charge is 2.24. The van der Waals surface area contributed by atoms with Crippen molar-refractivity contribution in [1.29, 1.82) is 0 Å². The van der Waals surface area contributed by atoms with Gasteiger partial charge in [0.05, 0.1) is 0 Å². The molecule has 12 heavy (non-hydrogen) atoms. The van der Waals surface area contributed by atoms with Gasteiger partial charge in [0, 0.05) is 26.7 Å². The summed E-state index contributed by atoms with van der Waals surface area (Å²) < 4.78 is 1.46. The van der Waals surface area contributed by atoms with E-state index in [0.29, 0.717) is 0 Å². The number of nitrogens with one attached hydrogen (secondary N) is 1. The first-order valence-corrected chi connectivity index (χ1v) is 5.33. The van der Waals surface area contributed by atoms with Gasteiger partial charge in [0.1, 0.15) is 0 Å². The van der Waals surface area contributed by atoms with Gasteiger partial charge in [0.25, 0.3) is 0 Å². The summed E-state index contributed by atoms with van der Waals surface area (Å²) >= 11 is 10.6. The lowest BCUT2D eigenvalue weighted by molar-refractivity contribution is 0.756. The zero-order chi connectivity index (χ0) is 8.55. The molecule has 0 aromatic heterocycles. The number of rotatable bonds is 1. The number of thioether (sulfide) groups is 1. The molecule has 1 aliphatic heterocycles. The lowest BCUT2D eigenvalue weighted by Crippen LogP contribution is -2.19. The second-order valence-corrected chi connectivity index (χ2v) is 5.03. The SMILES string of the molecule is ClN(Br)C1Nc2ccccc2S1. The molecule has 0 amide bonds. The van der Waals surface area contributed by atoms with Crippen molar-refractivity contribution in [3.8, 4) is 0 Å². The van der Waals surface area contributed by atoms with E-state index in [1.807, 2.05) is 18.2 Å². The Balaban J connectivity index is 2.22. The minimum absolute atomic E-state index is 0.0732. The molecule has 64 valence electrons. The smallest absolute Gasteiger partial charge is 0.157 e. The van der Waals surface area contributed by atoms with Gasteiger partial charge in [-0.25, -0.2) is 0 Å². The Morgan fingerprint density at radius 2 is 2.25 bits per heavy atom. The normalized spacial score (nSPS) is 20.8. The summed E-state index contributed by atoms with van der Waals surface area (Å²) in [5, 5.41) is 3.24. The molecule has 2 rings (SSSR count). The molecule has 0 spiro atoms. The number of benzene rings is 1. The quantitative estimate of drug-likeness (QED) is 0.785. The van der Waals surface area contributed by atoms with E-state index in [2.05, 4.69) is 27.5 Å². The highest BCUT2D eigenvalue weighted by molar-refractivity contribution is 9.08. The maximum Gasteiger partial charge on any atom is 0.157 e. The summed E-state index contributed by atoms with van der Waals surface area (Å²) in [7, 11) is 0. The number of fused-ring (bicyclic) bond motifs is 1. The molecule has 1 aliphatic rings. The van der Waals surface area contributed by atoms with Crippen LogP contribution < -0.4 is 5.32 Å². The third-order valence-electron chi connectivity index (χ3n) is 1.58. The van der Waals surface area contributed by atoms with Crippen LogP contribution in [0.2, 0.25) is 0 Å². The van der Waals surface area contributed by atoms with E-state index in [4.69, 9.17) is 11.8 Å². The molecule has 0 bridgehead atoms. The van der Waals surface area contributed by atoms with Crippen LogP contribution in [0.5, 0.6) is 0 Å². The fraction of sp³-hybridized carbons (Fsp3) is 0.143. The number of nitrogens with zero attached hydrogens (tertiary/aromatic N) is 1. The number of hydrogen-bond donors (Lipinski definition) is 1. The fourth-order valence-corrected chi connectivity index (χ4v) is 2.50. The van der Waals surface area contributed by atoms with Gasteiger partial charge in [0.15, 0.2) is 5.50 Å². The lowest BCUT2D eigenvalue weighted by Gasteiger charge is -2.12. The summed E-state index contributed by atoms with van der Waals surface area (Å²) in [4.78, 5) is 1.23. The largest absolute Gasteiger partial charge is 0.358 e. The van der Waals surface area contributed by atoms with Gasteiger partial charge >= 0.3 is 0 Å². The molecule has 1 unspecified atom stereocenters. The predicted octanol–water partition coefficient (Wildman–Crippen LogP) is 3.25. The average molecular weight is 266 g/mol. The van der Waals surface area contributed by atoms with Crippen molar-refractivity contribution in [3.63, 3.8) is 0 Å². The first-order chi connectivity index (χ1) is 5.77. The van der Waals surface area contributed by atoms with Crippen LogP contribution in [-0.4, -0.2) is 8.94 Å². The van der Waals surface area contributed by atoms with Crippen LogP contribution in [0.3, 0.4) is 0 Å². The van der Waals surface area contributed by atoms with E-state index in [0.717, 1.165) is 5.69 Å². The summed E-state index contributed by atoms with van der Waals surface area (Å²) in [6, 6.07) is 8.13. The highest BCUT2D eigenvalue weighted by Crippen LogP contribution is 2.40. The second kappa shape index (κ2) is 3.46. The van der Waals surface area contributed by atoms with Crippen LogP contribution in [-0.2, 0) is 0 Å². The van der Waals surface area contributed by atoms with Crippen molar-refractivity contribution in [1.82, 2.24) is 3.45 Å². The van der Waals surface area contributed by atoms with Gasteiger partial charge in [-0.05, 0) is 23.9 Å². The Hall–Kier alpha value is 0.100. The van der Waals surface area contributed by atoms with Crippen molar-refractivity contribution >= 4 is 45.4 Å². The molecule has 1 aromatic carbocycles. The number of anilines is 1. The number of para-hydroxylation sites is 1. The van der Waals surface area contributed by atoms with E-state index >= 15 is 0 Å². The molecule has 1 atom stereocenters. The molecule has 0 aliphatic carbocycles. The highest BCUT2D eigenvalue weighted by atomic mass is 79.9. The van der Waals surface area contributed by atoms with Gasteiger partial charge in [-0.1, -0.05) is 23.9 Å². The Labute approximate surface area is 88.7 Å². The van der Waals surface area contributed by atoms with Crippen LogP contribution in [0.1, 0.15) is 0 Å². The molecule has 1 heterocycles. The van der Waals surface area contributed by atoms with E-state index in [9.17, 15) is 0 Å². The molecule has 1 aromatic rings. The number of hydrogen-bond acceptors (Lipinski definition) is 3. The monoisotopic (exact) mass is 264 g/mol. The van der Waals surface area contributed by atoms with Crippen molar-refractivity contribution in [2.24, 2.45) is 0 Å². The minimum Gasteiger partial charge on any atom is -0.358 e. The van der Waals surface area contributed by atoms with Crippen LogP contribution in [0.25, 0.3) is 0 Å². The Morgan fingerprint density at radius 1 is 1.50 bits per heavy atom. The standard InChI is InChI=1S/C7H6BrClN2S/c8-11(9)7-10-5-3-1-2-4-6(5)12-7/h1-4,7,10H. The van der Waals surface area contributed by atoms with E-state index in [1.54, 1.807) is 11.8 Å².